The highest BCUT2D eigenvalue weighted by Crippen LogP contribution is 2.10. The van der Waals surface area contributed by atoms with Gasteiger partial charge in [0.15, 0.2) is 5.96 Å². The monoisotopic (exact) mass is 411 g/mol. The van der Waals surface area contributed by atoms with Gasteiger partial charge in [0, 0.05) is 43.7 Å². The van der Waals surface area contributed by atoms with Gasteiger partial charge in [-0.25, -0.2) is 9.78 Å². The Hall–Kier alpha value is -1.83. The molecule has 0 fully saturated rings. The van der Waals surface area contributed by atoms with E-state index in [9.17, 15) is 4.79 Å². The summed E-state index contributed by atoms with van der Waals surface area (Å²) in [6.45, 7) is 11.1. The molecule has 1 heterocycles. The number of hydrogen-bond donors (Lipinski definition) is 3. The van der Waals surface area contributed by atoms with E-state index in [0.29, 0.717) is 6.54 Å². The van der Waals surface area contributed by atoms with E-state index < -0.39 is 11.7 Å². The van der Waals surface area contributed by atoms with Crippen LogP contribution in [0.2, 0.25) is 0 Å². The SMILES string of the molecule is CCCCC(CNC(=O)OC(C)(C)C)NC(=NC)NCCCc1nc(C)cs1. The van der Waals surface area contributed by atoms with Crippen molar-refractivity contribution >= 4 is 23.4 Å². The van der Waals surface area contributed by atoms with Crippen LogP contribution in [0, 0.1) is 6.92 Å². The second-order valence-corrected chi connectivity index (χ2v) is 8.79. The van der Waals surface area contributed by atoms with Crippen molar-refractivity contribution in [3.05, 3.63) is 16.1 Å². The Balaban J connectivity index is 2.42. The summed E-state index contributed by atoms with van der Waals surface area (Å²) in [7, 11) is 1.76. The molecule has 1 atom stereocenters. The molecular formula is C20H37N5O2S. The smallest absolute Gasteiger partial charge is 0.407 e. The predicted octanol–water partition coefficient (Wildman–Crippen LogP) is 3.63. The first-order valence-corrected chi connectivity index (χ1v) is 11.0. The molecule has 0 saturated heterocycles. The molecule has 28 heavy (non-hydrogen) atoms. The molecule has 8 heteroatoms. The van der Waals surface area contributed by atoms with Crippen molar-refractivity contribution in [3.8, 4) is 0 Å². The van der Waals surface area contributed by atoms with Crippen LogP contribution in [0.5, 0.6) is 0 Å². The number of aliphatic imine (C=N–C) groups is 1. The van der Waals surface area contributed by atoms with Gasteiger partial charge in [-0.15, -0.1) is 11.3 Å². The fourth-order valence-corrected chi connectivity index (χ4v) is 3.37. The second-order valence-electron chi connectivity index (χ2n) is 7.85. The largest absolute Gasteiger partial charge is 0.444 e. The summed E-state index contributed by atoms with van der Waals surface area (Å²) in [5, 5.41) is 12.9. The van der Waals surface area contributed by atoms with Crippen LogP contribution in [0.3, 0.4) is 0 Å². The fourth-order valence-electron chi connectivity index (χ4n) is 2.55. The number of hydrogen-bond acceptors (Lipinski definition) is 5. The van der Waals surface area contributed by atoms with Crippen molar-refractivity contribution in [2.24, 2.45) is 4.99 Å². The van der Waals surface area contributed by atoms with Gasteiger partial charge in [0.25, 0.3) is 0 Å². The predicted molar refractivity (Wildman–Crippen MR) is 117 cm³/mol. The molecule has 160 valence electrons. The van der Waals surface area contributed by atoms with Crippen molar-refractivity contribution < 1.29 is 9.53 Å². The first kappa shape index (κ1) is 24.2. The first-order chi connectivity index (χ1) is 13.2. The molecular weight excluding hydrogens is 374 g/mol. The van der Waals surface area contributed by atoms with Gasteiger partial charge in [-0.3, -0.25) is 4.99 Å². The number of alkyl carbamates (subject to hydrolysis) is 1. The topological polar surface area (TPSA) is 87.6 Å². The summed E-state index contributed by atoms with van der Waals surface area (Å²) in [6, 6.07) is 0.0975. The third kappa shape index (κ3) is 11.1. The van der Waals surface area contributed by atoms with E-state index in [2.05, 4.69) is 38.2 Å². The minimum atomic E-state index is -0.496. The Kier molecular flexibility index (Phi) is 10.9. The number of aryl methyl sites for hydroxylation is 2. The standard InChI is InChI=1S/C20H37N5O2S/c1-7-8-10-16(13-23-19(26)27-20(3,4)5)25-18(21-6)22-12-9-11-17-24-15(2)14-28-17/h14,16H,7-13H2,1-6H3,(H,23,26)(H2,21,22,25). The van der Waals surface area contributed by atoms with Crippen LogP contribution in [0.1, 0.15) is 64.1 Å². The van der Waals surface area contributed by atoms with Gasteiger partial charge in [0.1, 0.15) is 5.60 Å². The van der Waals surface area contributed by atoms with Gasteiger partial charge >= 0.3 is 6.09 Å². The Labute approximate surface area is 173 Å². The highest BCUT2D eigenvalue weighted by atomic mass is 32.1. The number of rotatable bonds is 10. The Morgan fingerprint density at radius 2 is 2.07 bits per heavy atom. The maximum absolute atomic E-state index is 11.9. The van der Waals surface area contributed by atoms with Crippen molar-refractivity contribution in [2.75, 3.05) is 20.1 Å². The summed E-state index contributed by atoms with van der Waals surface area (Å²) < 4.78 is 5.32. The Morgan fingerprint density at radius 3 is 2.64 bits per heavy atom. The van der Waals surface area contributed by atoms with Crippen LogP contribution < -0.4 is 16.0 Å². The number of guanidine groups is 1. The van der Waals surface area contributed by atoms with Gasteiger partial charge in [0.05, 0.1) is 5.01 Å². The van der Waals surface area contributed by atoms with Crippen LogP contribution in [-0.2, 0) is 11.2 Å². The Bertz CT molecular complexity index is 610. The summed E-state index contributed by atoms with van der Waals surface area (Å²) in [6.07, 6.45) is 4.69. The van der Waals surface area contributed by atoms with E-state index in [1.807, 2.05) is 27.7 Å². The van der Waals surface area contributed by atoms with Gasteiger partial charge in [0.2, 0.25) is 0 Å². The molecule has 0 aliphatic rings. The van der Waals surface area contributed by atoms with Gasteiger partial charge in [-0.2, -0.15) is 0 Å². The van der Waals surface area contributed by atoms with Crippen LogP contribution in [0.15, 0.2) is 10.4 Å². The highest BCUT2D eigenvalue weighted by molar-refractivity contribution is 7.09. The fraction of sp³-hybridized carbons (Fsp3) is 0.750. The van der Waals surface area contributed by atoms with E-state index >= 15 is 0 Å². The number of ether oxygens (including phenoxy) is 1. The molecule has 0 spiro atoms. The lowest BCUT2D eigenvalue weighted by Gasteiger charge is -2.24. The Morgan fingerprint density at radius 1 is 1.32 bits per heavy atom. The molecule has 1 amide bonds. The average molecular weight is 412 g/mol. The number of nitrogens with one attached hydrogen (secondary N) is 3. The number of aromatic nitrogens is 1. The quantitative estimate of drug-likeness (QED) is 0.311. The number of nitrogens with zero attached hydrogens (tertiary/aromatic N) is 2. The number of thiazole rings is 1. The van der Waals surface area contributed by atoms with E-state index in [0.717, 1.165) is 50.3 Å². The number of amides is 1. The van der Waals surface area contributed by atoms with Crippen LogP contribution in [0.25, 0.3) is 0 Å². The van der Waals surface area contributed by atoms with Gasteiger partial charge in [-0.05, 0) is 40.5 Å². The van der Waals surface area contributed by atoms with Crippen molar-refractivity contribution in [3.63, 3.8) is 0 Å². The third-order valence-corrected chi connectivity index (χ3v) is 4.92. The normalized spacial score (nSPS) is 13.1. The average Bonchev–Trinajstić information content (AvgIpc) is 3.03. The van der Waals surface area contributed by atoms with E-state index in [1.54, 1.807) is 18.4 Å². The molecule has 3 N–H and O–H groups in total. The van der Waals surface area contributed by atoms with Crippen LogP contribution in [0.4, 0.5) is 4.79 Å². The molecule has 0 radical (unpaired) electrons. The maximum atomic E-state index is 11.9. The molecule has 0 saturated carbocycles. The van der Waals surface area contributed by atoms with E-state index in [4.69, 9.17) is 4.74 Å². The molecule has 0 aliphatic heterocycles. The number of carbonyl (C=O) groups is 1. The third-order valence-electron chi connectivity index (χ3n) is 3.89. The van der Waals surface area contributed by atoms with E-state index in [-0.39, 0.29) is 6.04 Å². The van der Waals surface area contributed by atoms with Crippen molar-refractivity contribution in [2.45, 2.75) is 78.4 Å². The molecule has 0 bridgehead atoms. The second kappa shape index (κ2) is 12.6. The first-order valence-electron chi connectivity index (χ1n) is 10.1. The van der Waals surface area contributed by atoms with Gasteiger partial charge in [-0.1, -0.05) is 19.8 Å². The van der Waals surface area contributed by atoms with Crippen LogP contribution in [-0.4, -0.2) is 48.8 Å². The lowest BCUT2D eigenvalue weighted by Crippen LogP contribution is -2.49. The lowest BCUT2D eigenvalue weighted by molar-refractivity contribution is 0.0523. The minimum absolute atomic E-state index is 0.0975. The van der Waals surface area contributed by atoms with Crippen molar-refractivity contribution in [1.82, 2.24) is 20.9 Å². The molecule has 1 rings (SSSR count). The summed E-state index contributed by atoms with van der Waals surface area (Å²) in [4.78, 5) is 20.7. The zero-order valence-corrected chi connectivity index (χ0v) is 19.0. The summed E-state index contributed by atoms with van der Waals surface area (Å²) >= 11 is 1.71. The molecule has 1 aromatic rings. The number of unbranched alkanes of at least 4 members (excludes halogenated alkanes) is 1. The summed E-state index contributed by atoms with van der Waals surface area (Å²) in [5.74, 6) is 0.752. The van der Waals surface area contributed by atoms with Gasteiger partial charge < -0.3 is 20.7 Å². The lowest BCUT2D eigenvalue weighted by atomic mass is 10.1. The van der Waals surface area contributed by atoms with E-state index in [1.165, 1.54) is 5.01 Å². The maximum Gasteiger partial charge on any atom is 0.407 e. The zero-order chi connectivity index (χ0) is 21.0. The molecule has 7 nitrogen and oxygen atoms in total. The van der Waals surface area contributed by atoms with Crippen molar-refractivity contribution in [1.29, 1.82) is 0 Å². The van der Waals surface area contributed by atoms with Crippen LogP contribution >= 0.6 is 11.3 Å². The molecule has 1 unspecified atom stereocenters. The highest BCUT2D eigenvalue weighted by Gasteiger charge is 2.18. The molecule has 1 aromatic heterocycles. The zero-order valence-electron chi connectivity index (χ0n) is 18.2. The number of carbonyl (C=O) groups excluding carboxylic acids is 1. The molecule has 0 aliphatic carbocycles. The summed E-state index contributed by atoms with van der Waals surface area (Å²) in [5.41, 5.74) is 0.589. The molecule has 0 aromatic carbocycles. The minimum Gasteiger partial charge on any atom is -0.444 e.